The van der Waals surface area contributed by atoms with E-state index in [0.29, 0.717) is 18.9 Å². The van der Waals surface area contributed by atoms with E-state index in [1.54, 1.807) is 12.1 Å². The summed E-state index contributed by atoms with van der Waals surface area (Å²) in [5.74, 6) is -2.68. The summed E-state index contributed by atoms with van der Waals surface area (Å²) in [7, 11) is -4.10. The molecule has 318 valence electrons. The molecule has 8 rings (SSSR count). The molecule has 3 N–H and O–H groups in total. The van der Waals surface area contributed by atoms with Crippen molar-refractivity contribution < 1.29 is 45.6 Å². The summed E-state index contributed by atoms with van der Waals surface area (Å²) < 4.78 is 70.2. The van der Waals surface area contributed by atoms with Crippen LogP contribution in [-0.4, -0.2) is 104 Å². The average Bonchev–Trinajstić information content (AvgIpc) is 3.43. The maximum absolute atomic E-state index is 13.5. The van der Waals surface area contributed by atoms with Gasteiger partial charge in [0, 0.05) is 55.3 Å². The quantitative estimate of drug-likeness (QED) is 0.231. The van der Waals surface area contributed by atoms with E-state index in [4.69, 9.17) is 23.2 Å². The fourth-order valence-electron chi connectivity index (χ4n) is 8.80. The normalized spacial score (nSPS) is 21.5. The lowest BCUT2D eigenvalue weighted by atomic mass is 9.71. The zero-order valence-electron chi connectivity index (χ0n) is 32.0. The van der Waals surface area contributed by atoms with Crippen molar-refractivity contribution in [3.8, 4) is 0 Å². The highest BCUT2D eigenvalue weighted by molar-refractivity contribution is 7.90. The number of anilines is 3. The number of rotatable bonds is 9. The van der Waals surface area contributed by atoms with Crippen molar-refractivity contribution in [2.75, 3.05) is 60.8 Å². The van der Waals surface area contributed by atoms with Crippen molar-refractivity contribution in [3.05, 3.63) is 86.9 Å². The Labute approximate surface area is 353 Å². The molecule has 1 spiro atoms. The van der Waals surface area contributed by atoms with E-state index in [1.165, 1.54) is 22.5 Å². The third-order valence-corrected chi connectivity index (χ3v) is 14.3. The van der Waals surface area contributed by atoms with Crippen LogP contribution in [0.25, 0.3) is 0 Å². The molecule has 0 saturated carbocycles. The number of nitrogens with zero attached hydrogens (tertiary/aromatic N) is 4. The standard InChI is InChI=1S/C40H40Cl2F3N7O7S/c41-25-2-6-31(29(18-25)35(54)46-32-5-1-24(17-30(32)42)40(43,44)45)48-60(58,59)51-13-9-23(10-14-51)20-49-15-11-39(12-16-49)21-50(22-39)26-3-4-27-28(19-26)38(57)52(37(27)56)33-7-8-34(53)47-36(33)55/h1-6,17-19,23,33,48H,7-16,20-22H2,(H,46,54)(H,47,53,55). The fourth-order valence-corrected chi connectivity index (χ4v) is 10.5. The van der Waals surface area contributed by atoms with Crippen molar-refractivity contribution in [2.24, 2.45) is 11.3 Å². The van der Waals surface area contributed by atoms with Crippen LogP contribution in [0.4, 0.5) is 30.2 Å². The number of likely N-dealkylation sites (tertiary alicyclic amines) is 1. The molecule has 4 saturated heterocycles. The molecule has 1 unspecified atom stereocenters. The van der Waals surface area contributed by atoms with Crippen LogP contribution in [-0.2, 0) is 26.0 Å². The van der Waals surface area contributed by atoms with Gasteiger partial charge in [-0.3, -0.25) is 38.9 Å². The van der Waals surface area contributed by atoms with Crippen LogP contribution in [0.1, 0.15) is 75.2 Å². The van der Waals surface area contributed by atoms with Crippen molar-refractivity contribution in [3.63, 3.8) is 0 Å². The van der Waals surface area contributed by atoms with Gasteiger partial charge in [-0.2, -0.15) is 25.9 Å². The Hall–Kier alpha value is -4.75. The molecule has 60 heavy (non-hydrogen) atoms. The number of imide groups is 2. The van der Waals surface area contributed by atoms with E-state index in [-0.39, 0.29) is 75.4 Å². The number of alkyl halides is 3. The molecule has 14 nitrogen and oxygen atoms in total. The Bertz CT molecular complexity index is 2400. The molecule has 3 aromatic rings. The molecule has 0 bridgehead atoms. The van der Waals surface area contributed by atoms with Gasteiger partial charge in [0.15, 0.2) is 0 Å². The van der Waals surface area contributed by atoms with E-state index in [0.717, 1.165) is 68.3 Å². The predicted molar refractivity (Wildman–Crippen MR) is 216 cm³/mol. The zero-order valence-corrected chi connectivity index (χ0v) is 34.3. The summed E-state index contributed by atoms with van der Waals surface area (Å²) in [6.45, 7) is 4.77. The van der Waals surface area contributed by atoms with Crippen LogP contribution in [0.15, 0.2) is 54.6 Å². The van der Waals surface area contributed by atoms with Crippen LogP contribution in [0.5, 0.6) is 0 Å². The van der Waals surface area contributed by atoms with E-state index in [9.17, 15) is 45.6 Å². The first kappa shape index (κ1) is 42.0. The SMILES string of the molecule is O=C1CCC(N2C(=O)c3ccc(N4CC5(CCN(CC6CCN(S(=O)(=O)Nc7ccc(Cl)cc7C(=O)Nc7ccc(C(F)(F)F)cc7Cl)CC6)CC5)C4)cc3C2=O)C(=O)N1. The summed E-state index contributed by atoms with van der Waals surface area (Å²) >= 11 is 12.2. The van der Waals surface area contributed by atoms with Gasteiger partial charge in [0.25, 0.3) is 17.7 Å². The van der Waals surface area contributed by atoms with Crippen LogP contribution < -0.4 is 20.3 Å². The van der Waals surface area contributed by atoms with Crippen LogP contribution in [0, 0.1) is 11.3 Å². The van der Waals surface area contributed by atoms with Gasteiger partial charge in [-0.25, -0.2) is 0 Å². The molecule has 3 aromatic carbocycles. The van der Waals surface area contributed by atoms with Gasteiger partial charge in [0.1, 0.15) is 6.04 Å². The highest BCUT2D eigenvalue weighted by Gasteiger charge is 2.48. The lowest BCUT2D eigenvalue weighted by molar-refractivity contribution is -0.138. The Kier molecular flexibility index (Phi) is 11.1. The van der Waals surface area contributed by atoms with Crippen molar-refractivity contribution in [1.29, 1.82) is 0 Å². The zero-order chi connectivity index (χ0) is 42.7. The van der Waals surface area contributed by atoms with E-state index < -0.39 is 57.5 Å². The smallest absolute Gasteiger partial charge is 0.370 e. The summed E-state index contributed by atoms with van der Waals surface area (Å²) in [5, 5.41) is 4.44. The Morgan fingerprint density at radius 1 is 0.850 bits per heavy atom. The van der Waals surface area contributed by atoms with Gasteiger partial charge in [-0.1, -0.05) is 23.2 Å². The van der Waals surface area contributed by atoms with Crippen molar-refractivity contribution in [2.45, 2.75) is 50.7 Å². The molecular weight excluding hydrogens is 850 g/mol. The Morgan fingerprint density at radius 3 is 2.20 bits per heavy atom. The largest absolute Gasteiger partial charge is 0.416 e. The number of amides is 5. The van der Waals surface area contributed by atoms with Crippen LogP contribution in [0.2, 0.25) is 10.0 Å². The second-order valence-corrected chi connectivity index (χ2v) is 18.6. The number of hydrogen-bond donors (Lipinski definition) is 3. The number of benzene rings is 3. The number of halogens is 5. The minimum absolute atomic E-state index is 0.0567. The van der Waals surface area contributed by atoms with Gasteiger partial charge >= 0.3 is 16.4 Å². The lowest BCUT2D eigenvalue weighted by Gasteiger charge is -2.55. The molecule has 5 heterocycles. The summed E-state index contributed by atoms with van der Waals surface area (Å²) in [6, 6.07) is 10.6. The monoisotopic (exact) mass is 889 g/mol. The van der Waals surface area contributed by atoms with E-state index in [2.05, 4.69) is 25.2 Å². The van der Waals surface area contributed by atoms with Gasteiger partial charge < -0.3 is 15.1 Å². The molecule has 5 aliphatic heterocycles. The molecule has 0 radical (unpaired) electrons. The summed E-state index contributed by atoms with van der Waals surface area (Å²) in [5.41, 5.74) is 0.175. The van der Waals surface area contributed by atoms with E-state index in [1.807, 2.05) is 6.07 Å². The molecule has 0 aliphatic carbocycles. The molecule has 5 amide bonds. The highest BCUT2D eigenvalue weighted by Crippen LogP contribution is 2.44. The van der Waals surface area contributed by atoms with Gasteiger partial charge in [0.2, 0.25) is 11.8 Å². The number of carbonyl (C=O) groups excluding carboxylic acids is 5. The second kappa shape index (κ2) is 15.9. The fraction of sp³-hybridized carbons (Fsp3) is 0.425. The third-order valence-electron chi connectivity index (χ3n) is 12.2. The molecule has 0 aromatic heterocycles. The minimum Gasteiger partial charge on any atom is -0.370 e. The number of nitrogens with one attached hydrogen (secondary N) is 3. The highest BCUT2D eigenvalue weighted by atomic mass is 35.5. The topological polar surface area (TPSA) is 169 Å². The first-order chi connectivity index (χ1) is 28.4. The van der Waals surface area contributed by atoms with Gasteiger partial charge in [0.05, 0.1) is 38.7 Å². The van der Waals surface area contributed by atoms with Gasteiger partial charge in [-0.15, -0.1) is 0 Å². The molecule has 20 heteroatoms. The second-order valence-electron chi connectivity index (χ2n) is 16.1. The Morgan fingerprint density at radius 2 is 1.53 bits per heavy atom. The number of carbonyl (C=O) groups is 5. The molecule has 4 fully saturated rings. The first-order valence-electron chi connectivity index (χ1n) is 19.5. The van der Waals surface area contributed by atoms with Crippen molar-refractivity contribution >= 4 is 80.0 Å². The van der Waals surface area contributed by atoms with Crippen LogP contribution >= 0.6 is 23.2 Å². The predicted octanol–water partition coefficient (Wildman–Crippen LogP) is 5.64. The number of fused-ring (bicyclic) bond motifs is 1. The number of hydrogen-bond acceptors (Lipinski definition) is 9. The van der Waals surface area contributed by atoms with Gasteiger partial charge in [-0.05, 0) is 106 Å². The first-order valence-corrected chi connectivity index (χ1v) is 21.7. The maximum Gasteiger partial charge on any atom is 0.416 e. The minimum atomic E-state index is -4.63. The summed E-state index contributed by atoms with van der Waals surface area (Å²) in [4.78, 5) is 69.3. The Balaban J connectivity index is 0.808. The van der Waals surface area contributed by atoms with Crippen LogP contribution in [0.3, 0.4) is 0 Å². The molecule has 1 atom stereocenters. The third kappa shape index (κ3) is 8.31. The molecular formula is C40H40Cl2F3N7O7S. The average molecular weight is 891 g/mol. The number of piperidine rings is 3. The summed E-state index contributed by atoms with van der Waals surface area (Å²) in [6.07, 6.45) is -1.24. The molecule has 5 aliphatic rings. The lowest BCUT2D eigenvalue weighted by Crippen LogP contribution is -2.60. The van der Waals surface area contributed by atoms with Crippen molar-refractivity contribution in [1.82, 2.24) is 19.4 Å². The maximum atomic E-state index is 13.5. The van der Waals surface area contributed by atoms with E-state index >= 15 is 0 Å².